The number of aliphatic carboxylic acids is 1. The number of hydrogen-bond acceptors (Lipinski definition) is 4. The number of allylic oxidation sites excluding steroid dienone is 2. The lowest BCUT2D eigenvalue weighted by molar-refractivity contribution is -0.136. The molecule has 0 radical (unpaired) electrons. The summed E-state index contributed by atoms with van der Waals surface area (Å²) in [5.41, 5.74) is 0.343. The van der Waals surface area contributed by atoms with E-state index >= 15 is 0 Å². The van der Waals surface area contributed by atoms with Crippen LogP contribution >= 0.6 is 0 Å². The molecule has 0 aromatic rings. The van der Waals surface area contributed by atoms with E-state index < -0.39 is 11.9 Å². The molecule has 2 N–H and O–H groups in total. The molecule has 0 heterocycles. The third-order valence-electron chi connectivity index (χ3n) is 1.70. The van der Waals surface area contributed by atoms with Crippen LogP contribution in [-0.4, -0.2) is 35.9 Å². The number of hydrogen-bond donors (Lipinski definition) is 2. The van der Waals surface area contributed by atoms with Gasteiger partial charge in [-0.05, 0) is 6.92 Å². The fourth-order valence-electron chi connectivity index (χ4n) is 0.802. The van der Waals surface area contributed by atoms with Gasteiger partial charge in [0.25, 0.3) is 0 Å². The van der Waals surface area contributed by atoms with E-state index in [1.165, 1.54) is 26.2 Å². The number of carboxylic acid groups (broad SMARTS) is 1. The predicted octanol–water partition coefficient (Wildman–Crippen LogP) is 0.499. The van der Waals surface area contributed by atoms with Crippen LogP contribution in [0, 0.1) is 0 Å². The summed E-state index contributed by atoms with van der Waals surface area (Å²) in [6.45, 7) is 1.22. The summed E-state index contributed by atoms with van der Waals surface area (Å²) in [5.74, 6) is -1.63. The minimum atomic E-state index is -1.06. The fourth-order valence-corrected chi connectivity index (χ4v) is 0.802. The van der Waals surface area contributed by atoms with E-state index in [0.717, 1.165) is 0 Å². The molecule has 5 heteroatoms. The Hall–Kier alpha value is -1.62. The molecule has 5 nitrogen and oxygen atoms in total. The second kappa shape index (κ2) is 6.78. The Morgan fingerprint density at radius 2 is 1.93 bits per heavy atom. The lowest BCUT2D eigenvalue weighted by Gasteiger charge is -2.01. The van der Waals surface area contributed by atoms with Crippen LogP contribution < -0.4 is 0 Å². The number of methoxy groups -OCH3 is 1. The first kappa shape index (κ1) is 13.4. The zero-order chi connectivity index (χ0) is 11.8. The Kier molecular flexibility index (Phi) is 6.05. The van der Waals surface area contributed by atoms with Gasteiger partial charge < -0.3 is 14.9 Å². The van der Waals surface area contributed by atoms with Crippen LogP contribution in [-0.2, 0) is 14.3 Å². The van der Waals surface area contributed by atoms with Crippen molar-refractivity contribution in [2.24, 2.45) is 0 Å². The van der Waals surface area contributed by atoms with Crippen LogP contribution in [0.5, 0.6) is 0 Å². The van der Waals surface area contributed by atoms with Gasteiger partial charge in [0.05, 0.1) is 7.11 Å². The van der Waals surface area contributed by atoms with E-state index in [-0.39, 0.29) is 24.2 Å². The molecular weight excluding hydrogens is 200 g/mol. The number of carboxylic acids is 1. The van der Waals surface area contributed by atoms with Crippen molar-refractivity contribution in [3.8, 4) is 0 Å². The van der Waals surface area contributed by atoms with E-state index in [1.54, 1.807) is 0 Å². The lowest BCUT2D eigenvalue weighted by atomic mass is 10.1. The predicted molar refractivity (Wildman–Crippen MR) is 53.2 cm³/mol. The van der Waals surface area contributed by atoms with Crippen LogP contribution in [0.3, 0.4) is 0 Å². The number of carbonyl (C=O) groups is 2. The van der Waals surface area contributed by atoms with Gasteiger partial charge in [0.15, 0.2) is 0 Å². The first-order valence-electron chi connectivity index (χ1n) is 4.32. The fraction of sp³-hybridized carbons (Fsp3) is 0.400. The van der Waals surface area contributed by atoms with Gasteiger partial charge in [-0.25, -0.2) is 9.59 Å². The largest absolute Gasteiger partial charge is 0.478 e. The second-order valence-corrected chi connectivity index (χ2v) is 2.81. The van der Waals surface area contributed by atoms with Crippen LogP contribution in [0.2, 0.25) is 0 Å². The van der Waals surface area contributed by atoms with Crippen LogP contribution in [0.25, 0.3) is 0 Å². The monoisotopic (exact) mass is 214 g/mol. The summed E-state index contributed by atoms with van der Waals surface area (Å²) >= 11 is 0. The first-order valence-corrected chi connectivity index (χ1v) is 4.32. The van der Waals surface area contributed by atoms with E-state index in [2.05, 4.69) is 4.74 Å². The molecule has 0 atom stereocenters. The molecule has 84 valence electrons. The maximum atomic E-state index is 11.1. The molecular formula is C10H14O5. The summed E-state index contributed by atoms with van der Waals surface area (Å²) in [7, 11) is 1.22. The van der Waals surface area contributed by atoms with Crippen molar-refractivity contribution in [1.29, 1.82) is 0 Å². The maximum absolute atomic E-state index is 11.1. The molecule has 0 aliphatic heterocycles. The molecule has 0 rings (SSSR count). The molecule has 0 saturated heterocycles. The number of aliphatic hydroxyl groups is 1. The van der Waals surface area contributed by atoms with Gasteiger partial charge >= 0.3 is 11.9 Å². The van der Waals surface area contributed by atoms with Crippen molar-refractivity contribution in [2.45, 2.75) is 13.3 Å². The molecule has 0 aromatic carbocycles. The number of rotatable bonds is 5. The average molecular weight is 214 g/mol. The zero-order valence-electron chi connectivity index (χ0n) is 8.69. The summed E-state index contributed by atoms with van der Waals surface area (Å²) in [5, 5.41) is 17.2. The summed E-state index contributed by atoms with van der Waals surface area (Å²) in [4.78, 5) is 21.6. The maximum Gasteiger partial charge on any atom is 0.333 e. The average Bonchev–Trinajstić information content (AvgIpc) is 2.22. The number of aliphatic hydroxyl groups excluding tert-OH is 1. The molecule has 0 aliphatic rings. The third-order valence-corrected chi connectivity index (χ3v) is 1.70. The standard InChI is InChI=1S/C10H14O5/c1-7(9(12)13)3-4-8(5-6-11)10(14)15-2/h3-4,11H,5-6H2,1-2H3,(H,12,13). The van der Waals surface area contributed by atoms with Gasteiger partial charge in [0, 0.05) is 24.2 Å². The Balaban J connectivity index is 4.76. The van der Waals surface area contributed by atoms with Crippen molar-refractivity contribution >= 4 is 11.9 Å². The quantitative estimate of drug-likeness (QED) is 0.395. The molecule has 0 aromatic heterocycles. The van der Waals surface area contributed by atoms with Crippen molar-refractivity contribution in [2.75, 3.05) is 13.7 Å². The smallest absolute Gasteiger partial charge is 0.333 e. The SMILES string of the molecule is COC(=O)C(=CC=C(C)C(=O)O)CCO. The summed E-state index contributed by atoms with van der Waals surface area (Å²) in [6, 6.07) is 0. The molecule has 0 amide bonds. The van der Waals surface area contributed by atoms with E-state index in [9.17, 15) is 9.59 Å². The highest BCUT2D eigenvalue weighted by molar-refractivity contribution is 5.90. The number of esters is 1. The highest BCUT2D eigenvalue weighted by Gasteiger charge is 2.07. The van der Waals surface area contributed by atoms with E-state index in [4.69, 9.17) is 10.2 Å². The highest BCUT2D eigenvalue weighted by atomic mass is 16.5. The minimum absolute atomic E-state index is 0.106. The van der Waals surface area contributed by atoms with Gasteiger partial charge in [-0.3, -0.25) is 0 Å². The zero-order valence-corrected chi connectivity index (χ0v) is 8.69. The van der Waals surface area contributed by atoms with Crippen LogP contribution in [0.1, 0.15) is 13.3 Å². The summed E-state index contributed by atoms with van der Waals surface area (Å²) in [6.07, 6.45) is 2.77. The van der Waals surface area contributed by atoms with Gasteiger partial charge in [0.2, 0.25) is 0 Å². The molecule has 0 bridgehead atoms. The molecule has 0 unspecified atom stereocenters. The number of ether oxygens (including phenoxy) is 1. The molecule has 0 saturated carbocycles. The van der Waals surface area contributed by atoms with Crippen LogP contribution in [0.4, 0.5) is 0 Å². The topological polar surface area (TPSA) is 83.8 Å². The highest BCUT2D eigenvalue weighted by Crippen LogP contribution is 2.05. The van der Waals surface area contributed by atoms with Gasteiger partial charge in [0.1, 0.15) is 0 Å². The lowest BCUT2D eigenvalue weighted by Crippen LogP contribution is -2.06. The Morgan fingerprint density at radius 3 is 2.33 bits per heavy atom. The summed E-state index contributed by atoms with van der Waals surface area (Å²) < 4.78 is 4.46. The van der Waals surface area contributed by atoms with Gasteiger partial charge in [-0.15, -0.1) is 0 Å². The Bertz CT molecular complexity index is 301. The van der Waals surface area contributed by atoms with Crippen molar-refractivity contribution in [3.05, 3.63) is 23.3 Å². The molecule has 0 aliphatic carbocycles. The Morgan fingerprint density at radius 1 is 1.33 bits per heavy atom. The van der Waals surface area contributed by atoms with Crippen molar-refractivity contribution in [1.82, 2.24) is 0 Å². The second-order valence-electron chi connectivity index (χ2n) is 2.81. The minimum Gasteiger partial charge on any atom is -0.478 e. The van der Waals surface area contributed by atoms with E-state index in [0.29, 0.717) is 0 Å². The Labute approximate surface area is 87.7 Å². The molecule has 0 spiro atoms. The van der Waals surface area contributed by atoms with E-state index in [1.807, 2.05) is 0 Å². The van der Waals surface area contributed by atoms with Gasteiger partial charge in [-0.2, -0.15) is 0 Å². The van der Waals surface area contributed by atoms with Crippen LogP contribution in [0.15, 0.2) is 23.3 Å². The van der Waals surface area contributed by atoms with Crippen molar-refractivity contribution in [3.63, 3.8) is 0 Å². The molecule has 0 fully saturated rings. The molecule has 15 heavy (non-hydrogen) atoms. The van der Waals surface area contributed by atoms with Crippen molar-refractivity contribution < 1.29 is 24.5 Å². The third kappa shape index (κ3) is 4.97. The van der Waals surface area contributed by atoms with Gasteiger partial charge in [-0.1, -0.05) is 12.2 Å². The first-order chi connectivity index (χ1) is 7.02. The number of carbonyl (C=O) groups excluding carboxylic acids is 1. The normalized spacial score (nSPS) is 12.5.